The summed E-state index contributed by atoms with van der Waals surface area (Å²) in [7, 11) is -4.26. The molecule has 0 aliphatic rings. The second kappa shape index (κ2) is 7.03. The summed E-state index contributed by atoms with van der Waals surface area (Å²) < 4.78 is 101. The molecule has 142 valence electrons. The lowest BCUT2D eigenvalue weighted by atomic mass is 10.0. The fourth-order valence-corrected chi connectivity index (χ4v) is 2.92. The molecule has 0 heterocycles. The molecule has 0 bridgehead atoms. The minimum Gasteiger partial charge on any atom is -0.350 e. The Hall–Kier alpha value is -1.47. The molecule has 1 rings (SSSR count). The number of hydrogen-bond acceptors (Lipinski definition) is 4. The molecule has 25 heavy (non-hydrogen) atoms. The summed E-state index contributed by atoms with van der Waals surface area (Å²) in [6.45, 7) is 2.79. The molecule has 0 aliphatic carbocycles. The van der Waals surface area contributed by atoms with Crippen LogP contribution in [-0.4, -0.2) is 26.3 Å². The Kier molecular flexibility index (Phi) is 6.07. The van der Waals surface area contributed by atoms with E-state index in [4.69, 9.17) is 0 Å². The van der Waals surface area contributed by atoms with Crippen molar-refractivity contribution in [2.24, 2.45) is 0 Å². The van der Waals surface area contributed by atoms with Crippen molar-refractivity contribution in [2.75, 3.05) is 0 Å². The Morgan fingerprint density at radius 1 is 1.12 bits per heavy atom. The van der Waals surface area contributed by atoms with Crippen LogP contribution >= 0.6 is 15.9 Å². The third-order valence-electron chi connectivity index (χ3n) is 2.98. The predicted octanol–water partition coefficient (Wildman–Crippen LogP) is 3.18. The quantitative estimate of drug-likeness (QED) is 0.455. The monoisotopic (exact) mass is 455 g/mol. The molecule has 13 heteroatoms. The van der Waals surface area contributed by atoms with Gasteiger partial charge in [0, 0.05) is 4.47 Å². The number of hydrazine groups is 1. The zero-order chi connectivity index (χ0) is 19.7. The van der Waals surface area contributed by atoms with Gasteiger partial charge < -0.3 is 5.32 Å². The lowest BCUT2D eigenvalue weighted by molar-refractivity contribution is -0.299. The molecule has 0 fully saturated rings. The molecule has 0 aliphatic heterocycles. The second-order valence-corrected chi connectivity index (χ2v) is 7.51. The van der Waals surface area contributed by atoms with Crippen molar-refractivity contribution in [3.05, 3.63) is 41.1 Å². The lowest BCUT2D eigenvalue weighted by Crippen LogP contribution is -2.65. The number of rotatable bonds is 6. The first-order chi connectivity index (χ1) is 11.1. The molecule has 0 atom stereocenters. The third-order valence-corrected chi connectivity index (χ3v) is 4.72. The first-order valence-corrected chi connectivity index (χ1v) is 8.52. The van der Waals surface area contributed by atoms with Gasteiger partial charge in [0.2, 0.25) is 5.54 Å². The predicted molar refractivity (Wildman–Crippen MR) is 80.4 cm³/mol. The van der Waals surface area contributed by atoms with Crippen molar-refractivity contribution in [2.45, 2.75) is 29.7 Å². The van der Waals surface area contributed by atoms with E-state index in [1.165, 1.54) is 24.3 Å². The van der Waals surface area contributed by atoms with Crippen molar-refractivity contribution in [1.82, 2.24) is 15.6 Å². The van der Waals surface area contributed by atoms with E-state index < -0.39 is 33.7 Å². The van der Waals surface area contributed by atoms with Gasteiger partial charge in [-0.1, -0.05) is 28.6 Å². The van der Waals surface area contributed by atoms with E-state index >= 15 is 0 Å². The smallest absolute Gasteiger partial charge is 0.350 e. The zero-order valence-electron chi connectivity index (χ0n) is 12.4. The molecular formula is C12H12BrF6N3O2S. The number of halogens is 7. The maximum Gasteiger partial charge on any atom is 0.420 e. The van der Waals surface area contributed by atoms with Crippen LogP contribution in [0.2, 0.25) is 0 Å². The Bertz CT molecular complexity index is 734. The lowest BCUT2D eigenvalue weighted by Gasteiger charge is -2.36. The summed E-state index contributed by atoms with van der Waals surface area (Å²) >= 11 is 3.03. The van der Waals surface area contributed by atoms with Crippen molar-refractivity contribution in [3.63, 3.8) is 0 Å². The van der Waals surface area contributed by atoms with Gasteiger partial charge >= 0.3 is 12.4 Å². The van der Waals surface area contributed by atoms with Crippen LogP contribution in [0.4, 0.5) is 26.3 Å². The largest absolute Gasteiger partial charge is 0.420 e. The maximum atomic E-state index is 12.7. The summed E-state index contributed by atoms with van der Waals surface area (Å²) in [5, 5.41) is 1.12. The Labute approximate surface area is 147 Å². The van der Waals surface area contributed by atoms with E-state index in [-0.39, 0.29) is 11.8 Å². The van der Waals surface area contributed by atoms with E-state index in [2.05, 4.69) is 22.5 Å². The topological polar surface area (TPSA) is 70.2 Å². The van der Waals surface area contributed by atoms with Crippen molar-refractivity contribution < 1.29 is 34.8 Å². The number of hydrogen-bond donors (Lipinski definition) is 3. The summed E-state index contributed by atoms with van der Waals surface area (Å²) in [6, 6.07) is 5.23. The molecule has 5 nitrogen and oxygen atoms in total. The highest BCUT2D eigenvalue weighted by molar-refractivity contribution is 9.10. The van der Waals surface area contributed by atoms with E-state index in [0.29, 0.717) is 4.47 Å². The van der Waals surface area contributed by atoms with Gasteiger partial charge in [-0.25, -0.2) is 8.42 Å². The Balaban J connectivity index is 2.89. The third kappa shape index (κ3) is 5.01. The van der Waals surface area contributed by atoms with Gasteiger partial charge in [-0.2, -0.15) is 26.3 Å². The van der Waals surface area contributed by atoms with Gasteiger partial charge in [-0.15, -0.1) is 4.83 Å². The van der Waals surface area contributed by atoms with Gasteiger partial charge in [-0.05, 0) is 25.1 Å². The molecule has 1 aromatic carbocycles. The van der Waals surface area contributed by atoms with Gasteiger partial charge in [-0.3, -0.25) is 5.43 Å². The number of sulfonamides is 1. The molecule has 1 aromatic rings. The molecular weight excluding hydrogens is 444 g/mol. The summed E-state index contributed by atoms with van der Waals surface area (Å²) in [5.74, 6) is -1.05. The summed E-state index contributed by atoms with van der Waals surface area (Å²) in [4.78, 5) is 1.35. The fourth-order valence-electron chi connectivity index (χ4n) is 1.46. The average molecular weight is 456 g/mol. The van der Waals surface area contributed by atoms with Gasteiger partial charge in [0.15, 0.2) is 0 Å². The van der Waals surface area contributed by atoms with Crippen molar-refractivity contribution in [1.29, 1.82) is 0 Å². The molecule has 3 N–H and O–H groups in total. The number of alkyl halides is 6. The van der Waals surface area contributed by atoms with Gasteiger partial charge in [0.25, 0.3) is 10.0 Å². The van der Waals surface area contributed by atoms with E-state index in [1.807, 2.05) is 0 Å². The van der Waals surface area contributed by atoms with E-state index in [9.17, 15) is 34.8 Å². The second-order valence-electron chi connectivity index (χ2n) is 4.91. The van der Waals surface area contributed by atoms with Crippen LogP contribution in [0.3, 0.4) is 0 Å². The Morgan fingerprint density at radius 2 is 1.64 bits per heavy atom. The van der Waals surface area contributed by atoms with Crippen LogP contribution in [0, 0.1) is 0 Å². The SMILES string of the molecule is C=C(NNS(=O)(=O)c1cccc(Br)c1)NC(C)(C(F)(F)F)C(F)(F)F. The van der Waals surface area contributed by atoms with Crippen molar-refractivity contribution >= 4 is 26.0 Å². The normalized spacial score (nSPS) is 13.4. The summed E-state index contributed by atoms with van der Waals surface area (Å²) in [5.41, 5.74) is -2.65. The molecule has 0 aromatic heterocycles. The van der Waals surface area contributed by atoms with Crippen LogP contribution in [0.25, 0.3) is 0 Å². The average Bonchev–Trinajstić information content (AvgIpc) is 2.43. The summed E-state index contributed by atoms with van der Waals surface area (Å²) in [6.07, 6.45) is -11.4. The van der Waals surface area contributed by atoms with Gasteiger partial charge in [0.05, 0.1) is 4.90 Å². The molecule has 0 amide bonds. The van der Waals surface area contributed by atoms with Crippen LogP contribution < -0.4 is 15.6 Å². The van der Waals surface area contributed by atoms with Crippen molar-refractivity contribution in [3.8, 4) is 0 Å². The zero-order valence-corrected chi connectivity index (χ0v) is 14.8. The van der Waals surface area contributed by atoms with Gasteiger partial charge in [0.1, 0.15) is 5.82 Å². The Morgan fingerprint density at radius 3 is 2.08 bits per heavy atom. The van der Waals surface area contributed by atoms with Crippen LogP contribution in [0.5, 0.6) is 0 Å². The number of nitrogens with one attached hydrogen (secondary N) is 3. The van der Waals surface area contributed by atoms with Crippen LogP contribution in [-0.2, 0) is 10.0 Å². The first-order valence-electron chi connectivity index (χ1n) is 6.24. The maximum absolute atomic E-state index is 12.7. The standard InChI is InChI=1S/C12H12BrF6N3O2S/c1-7(20-10(2,11(14,15)16)12(17,18)19)21-22-25(23,24)9-5-3-4-8(13)6-9/h3-6,20-22H,1H2,2H3. The molecule has 0 saturated carbocycles. The van der Waals surface area contributed by atoms with Crippen LogP contribution in [0.15, 0.2) is 46.0 Å². The van der Waals surface area contributed by atoms with Crippen LogP contribution in [0.1, 0.15) is 6.92 Å². The van der Waals surface area contributed by atoms with E-state index in [1.54, 1.807) is 10.3 Å². The minimum absolute atomic E-state index is 0.136. The molecule has 0 saturated heterocycles. The first kappa shape index (κ1) is 21.6. The molecule has 0 radical (unpaired) electrons. The number of benzene rings is 1. The molecule has 0 spiro atoms. The fraction of sp³-hybridized carbons (Fsp3) is 0.333. The van der Waals surface area contributed by atoms with E-state index in [0.717, 1.165) is 5.32 Å². The highest BCUT2D eigenvalue weighted by Crippen LogP contribution is 2.42. The minimum atomic E-state index is -5.71. The molecule has 0 unspecified atom stereocenters. The highest BCUT2D eigenvalue weighted by atomic mass is 79.9. The highest BCUT2D eigenvalue weighted by Gasteiger charge is 2.68.